The van der Waals surface area contributed by atoms with E-state index in [-0.39, 0.29) is 28.1 Å². The average molecular weight is 465 g/mol. The van der Waals surface area contributed by atoms with Crippen LogP contribution in [-0.2, 0) is 15.6 Å². The van der Waals surface area contributed by atoms with Crippen LogP contribution in [-0.4, -0.2) is 37.3 Å². The van der Waals surface area contributed by atoms with E-state index in [0.29, 0.717) is 25.1 Å². The first-order chi connectivity index (χ1) is 15.9. The minimum atomic E-state index is -3.61. The molecule has 1 amide bonds. The van der Waals surface area contributed by atoms with Gasteiger partial charge in [0, 0.05) is 41.3 Å². The molecule has 8 heteroatoms. The zero-order valence-corrected chi connectivity index (χ0v) is 18.4. The molecule has 168 valence electrons. The Morgan fingerprint density at radius 3 is 2.70 bits per heavy atom. The van der Waals surface area contributed by atoms with Gasteiger partial charge in [0.1, 0.15) is 5.82 Å². The summed E-state index contributed by atoms with van der Waals surface area (Å²) in [5.74, 6) is -0.896. The standard InChI is InChI=1S/C25H21FN2O4S/c26-19-6-7-21-22(15-27-23(21)14-19)17-8-11-28(12-9-17)25(29)24-18(10-13-32-24)16-33(30,31)20-4-2-1-3-5-20/h1-8,10,13-15,27H,9,11-12,16H2. The monoisotopic (exact) mass is 464 g/mol. The molecule has 2 aromatic heterocycles. The molecule has 4 aromatic rings. The van der Waals surface area contributed by atoms with Crippen molar-refractivity contribution in [2.24, 2.45) is 0 Å². The SMILES string of the molecule is O=C(c1occc1CS(=O)(=O)c1ccccc1)N1CC=C(c2c[nH]c3cc(F)ccc23)CC1. The Labute approximate surface area is 190 Å². The van der Waals surface area contributed by atoms with E-state index in [4.69, 9.17) is 4.42 Å². The number of carbonyl (C=O) groups excluding carboxylic acids is 1. The Hall–Kier alpha value is -3.65. The lowest BCUT2D eigenvalue weighted by atomic mass is 9.98. The van der Waals surface area contributed by atoms with E-state index >= 15 is 0 Å². The molecular weight excluding hydrogens is 443 g/mol. The molecule has 3 heterocycles. The van der Waals surface area contributed by atoms with Crippen molar-refractivity contribution >= 4 is 32.2 Å². The minimum Gasteiger partial charge on any atom is -0.459 e. The van der Waals surface area contributed by atoms with Gasteiger partial charge in [-0.15, -0.1) is 0 Å². The fourth-order valence-corrected chi connectivity index (χ4v) is 5.53. The zero-order valence-electron chi connectivity index (χ0n) is 17.6. The van der Waals surface area contributed by atoms with Crippen LogP contribution in [0.3, 0.4) is 0 Å². The van der Waals surface area contributed by atoms with E-state index in [1.54, 1.807) is 29.2 Å². The molecule has 0 bridgehead atoms. The number of nitrogens with zero attached hydrogens (tertiary/aromatic N) is 1. The van der Waals surface area contributed by atoms with Crippen molar-refractivity contribution in [1.82, 2.24) is 9.88 Å². The number of hydrogen-bond donors (Lipinski definition) is 1. The molecule has 0 saturated carbocycles. The summed E-state index contributed by atoms with van der Waals surface area (Å²) in [5, 5.41) is 0.932. The average Bonchev–Trinajstić information content (AvgIpc) is 3.45. The van der Waals surface area contributed by atoms with E-state index in [9.17, 15) is 17.6 Å². The van der Waals surface area contributed by atoms with Crippen LogP contribution in [0.25, 0.3) is 16.5 Å². The number of rotatable bonds is 5. The summed E-state index contributed by atoms with van der Waals surface area (Å²) in [6.07, 6.45) is 5.79. The molecule has 0 atom stereocenters. The van der Waals surface area contributed by atoms with Crippen molar-refractivity contribution in [3.63, 3.8) is 0 Å². The highest BCUT2D eigenvalue weighted by molar-refractivity contribution is 7.90. The summed E-state index contributed by atoms with van der Waals surface area (Å²) in [6.45, 7) is 0.831. The minimum absolute atomic E-state index is 0.0499. The molecule has 2 aromatic carbocycles. The first-order valence-corrected chi connectivity index (χ1v) is 12.2. The highest BCUT2D eigenvalue weighted by Crippen LogP contribution is 2.30. The van der Waals surface area contributed by atoms with Crippen LogP contribution in [0.5, 0.6) is 0 Å². The second kappa shape index (κ2) is 8.37. The van der Waals surface area contributed by atoms with Crippen LogP contribution in [0.4, 0.5) is 4.39 Å². The maximum absolute atomic E-state index is 13.5. The second-order valence-corrected chi connectivity index (χ2v) is 9.96. The Morgan fingerprint density at radius 2 is 1.94 bits per heavy atom. The Morgan fingerprint density at radius 1 is 1.12 bits per heavy atom. The molecular formula is C25H21FN2O4S. The normalized spacial score (nSPS) is 14.5. The van der Waals surface area contributed by atoms with Gasteiger partial charge in [-0.25, -0.2) is 12.8 Å². The van der Waals surface area contributed by atoms with Gasteiger partial charge in [0.05, 0.1) is 16.9 Å². The van der Waals surface area contributed by atoms with Crippen LogP contribution in [0.2, 0.25) is 0 Å². The number of amides is 1. The van der Waals surface area contributed by atoms with Crippen molar-refractivity contribution in [3.05, 3.63) is 95.8 Å². The largest absolute Gasteiger partial charge is 0.459 e. The third-order valence-corrected chi connectivity index (χ3v) is 7.56. The summed E-state index contributed by atoms with van der Waals surface area (Å²) in [5.41, 5.74) is 3.13. The number of sulfone groups is 1. The molecule has 5 rings (SSSR count). The van der Waals surface area contributed by atoms with Gasteiger partial charge in [-0.1, -0.05) is 24.3 Å². The molecule has 6 nitrogen and oxygen atoms in total. The van der Waals surface area contributed by atoms with Crippen LogP contribution >= 0.6 is 0 Å². The molecule has 0 aliphatic carbocycles. The summed E-state index contributed by atoms with van der Waals surface area (Å²) in [6, 6.07) is 14.3. The fraction of sp³-hybridized carbons (Fsp3) is 0.160. The predicted octanol–water partition coefficient (Wildman–Crippen LogP) is 4.80. The lowest BCUT2D eigenvalue weighted by Crippen LogP contribution is -2.35. The van der Waals surface area contributed by atoms with Crippen molar-refractivity contribution in [2.45, 2.75) is 17.1 Å². The zero-order chi connectivity index (χ0) is 23.0. The van der Waals surface area contributed by atoms with Gasteiger partial charge >= 0.3 is 0 Å². The lowest BCUT2D eigenvalue weighted by molar-refractivity contribution is 0.0740. The van der Waals surface area contributed by atoms with Crippen LogP contribution < -0.4 is 0 Å². The summed E-state index contributed by atoms with van der Waals surface area (Å²) >= 11 is 0. The highest BCUT2D eigenvalue weighted by Gasteiger charge is 2.27. The van der Waals surface area contributed by atoms with Gasteiger partial charge in [0.25, 0.3) is 5.91 Å². The lowest BCUT2D eigenvalue weighted by Gasteiger charge is -2.26. The Bertz CT molecular complexity index is 1470. The van der Waals surface area contributed by atoms with Crippen molar-refractivity contribution in [3.8, 4) is 0 Å². The maximum atomic E-state index is 13.5. The number of aromatic nitrogens is 1. The van der Waals surface area contributed by atoms with E-state index in [0.717, 1.165) is 22.0 Å². The Balaban J connectivity index is 1.34. The van der Waals surface area contributed by atoms with Crippen molar-refractivity contribution in [2.75, 3.05) is 13.1 Å². The number of halogens is 1. The quantitative estimate of drug-likeness (QED) is 0.460. The van der Waals surface area contributed by atoms with Crippen molar-refractivity contribution in [1.29, 1.82) is 0 Å². The van der Waals surface area contributed by atoms with Crippen LogP contribution in [0, 0.1) is 5.82 Å². The molecule has 1 N–H and O–H groups in total. The maximum Gasteiger partial charge on any atom is 0.290 e. The molecule has 1 aliphatic rings. The Kier molecular flexibility index (Phi) is 5.38. The molecule has 1 aliphatic heterocycles. The number of aromatic amines is 1. The van der Waals surface area contributed by atoms with E-state index in [1.807, 2.05) is 12.3 Å². The first-order valence-electron chi connectivity index (χ1n) is 10.5. The number of nitrogens with one attached hydrogen (secondary N) is 1. The number of benzene rings is 2. The van der Waals surface area contributed by atoms with Crippen LogP contribution in [0.15, 0.2) is 82.4 Å². The van der Waals surface area contributed by atoms with Crippen molar-refractivity contribution < 1.29 is 22.0 Å². The van der Waals surface area contributed by atoms with Gasteiger partial charge in [0.15, 0.2) is 15.6 Å². The number of furan rings is 1. The van der Waals surface area contributed by atoms with E-state index in [1.165, 1.54) is 36.6 Å². The summed E-state index contributed by atoms with van der Waals surface area (Å²) < 4.78 is 44.4. The predicted molar refractivity (Wildman–Crippen MR) is 123 cm³/mol. The second-order valence-electron chi connectivity index (χ2n) is 7.97. The summed E-state index contributed by atoms with van der Waals surface area (Å²) in [7, 11) is -3.61. The molecule has 0 unspecified atom stereocenters. The third-order valence-electron chi connectivity index (χ3n) is 5.87. The highest BCUT2D eigenvalue weighted by atomic mass is 32.2. The number of H-pyrrole nitrogens is 1. The summed E-state index contributed by atoms with van der Waals surface area (Å²) in [4.78, 5) is 18.0. The fourth-order valence-electron chi connectivity index (χ4n) is 4.16. The van der Waals surface area contributed by atoms with Gasteiger partial charge in [-0.05, 0) is 48.4 Å². The van der Waals surface area contributed by atoms with E-state index < -0.39 is 9.84 Å². The molecule has 0 radical (unpaired) electrons. The van der Waals surface area contributed by atoms with Gasteiger partial charge in [0.2, 0.25) is 0 Å². The number of hydrogen-bond acceptors (Lipinski definition) is 4. The number of carbonyl (C=O) groups is 1. The number of fused-ring (bicyclic) bond motifs is 1. The van der Waals surface area contributed by atoms with Gasteiger partial charge < -0.3 is 14.3 Å². The third kappa shape index (κ3) is 4.09. The molecule has 0 saturated heterocycles. The molecule has 0 spiro atoms. The van der Waals surface area contributed by atoms with Crippen LogP contribution in [0.1, 0.15) is 28.1 Å². The smallest absolute Gasteiger partial charge is 0.290 e. The van der Waals surface area contributed by atoms with Gasteiger partial charge in [-0.3, -0.25) is 4.79 Å². The topological polar surface area (TPSA) is 83.4 Å². The van der Waals surface area contributed by atoms with Gasteiger partial charge in [-0.2, -0.15) is 0 Å². The van der Waals surface area contributed by atoms with E-state index in [2.05, 4.69) is 4.98 Å². The first kappa shape index (κ1) is 21.2. The molecule has 0 fully saturated rings. The molecule has 33 heavy (non-hydrogen) atoms.